The fourth-order valence-corrected chi connectivity index (χ4v) is 2.83. The van der Waals surface area contributed by atoms with Gasteiger partial charge in [-0.05, 0) is 12.1 Å². The van der Waals surface area contributed by atoms with Crippen LogP contribution in [0.4, 0.5) is 11.5 Å². The van der Waals surface area contributed by atoms with E-state index >= 15 is 0 Å². The molecule has 1 aromatic heterocycles. The van der Waals surface area contributed by atoms with Crippen molar-refractivity contribution >= 4 is 44.7 Å². The first kappa shape index (κ1) is 15.6. The number of sulfonamides is 1. The number of hydrogen-bond donors (Lipinski definition) is 2. The van der Waals surface area contributed by atoms with Crippen LogP contribution in [0.15, 0.2) is 29.4 Å². The third kappa shape index (κ3) is 3.29. The zero-order chi connectivity index (χ0) is 15.6. The van der Waals surface area contributed by atoms with Crippen LogP contribution in [0.1, 0.15) is 0 Å². The summed E-state index contributed by atoms with van der Waals surface area (Å²) in [6.07, 6.45) is 1.09. The number of benzene rings is 1. The maximum Gasteiger partial charge on any atom is 0.263 e. The van der Waals surface area contributed by atoms with Crippen molar-refractivity contribution in [3.8, 4) is 5.75 Å². The molecule has 2 rings (SSSR count). The van der Waals surface area contributed by atoms with Gasteiger partial charge in [-0.1, -0.05) is 23.2 Å². The van der Waals surface area contributed by atoms with E-state index in [1.54, 1.807) is 0 Å². The largest absolute Gasteiger partial charge is 0.495 e. The quantitative estimate of drug-likeness (QED) is 0.647. The van der Waals surface area contributed by atoms with Crippen molar-refractivity contribution in [3.05, 3.63) is 34.7 Å². The lowest BCUT2D eigenvalue weighted by molar-refractivity contribution is 0.415. The van der Waals surface area contributed by atoms with Crippen molar-refractivity contribution in [2.24, 2.45) is 0 Å². The summed E-state index contributed by atoms with van der Waals surface area (Å²) in [7, 11) is -2.54. The summed E-state index contributed by atoms with van der Waals surface area (Å²) >= 11 is 11.5. The molecule has 1 heterocycles. The SMILES string of the molecule is COc1cc(S(=O)(=O)Nc2ncnc(Cl)c2Cl)ccc1N. The van der Waals surface area contributed by atoms with Gasteiger partial charge in [0.15, 0.2) is 11.0 Å². The van der Waals surface area contributed by atoms with Crippen LogP contribution in [0.25, 0.3) is 0 Å². The third-order valence-corrected chi connectivity index (χ3v) is 4.57. The number of aromatic nitrogens is 2. The van der Waals surface area contributed by atoms with E-state index in [9.17, 15) is 8.42 Å². The molecule has 21 heavy (non-hydrogen) atoms. The molecule has 0 saturated heterocycles. The first-order chi connectivity index (χ1) is 9.85. The first-order valence-corrected chi connectivity index (χ1v) is 7.71. The van der Waals surface area contributed by atoms with E-state index in [1.807, 2.05) is 0 Å². The fourth-order valence-electron chi connectivity index (χ4n) is 1.46. The highest BCUT2D eigenvalue weighted by molar-refractivity contribution is 7.92. The van der Waals surface area contributed by atoms with Gasteiger partial charge in [-0.2, -0.15) is 0 Å². The molecule has 2 aromatic rings. The van der Waals surface area contributed by atoms with Gasteiger partial charge in [0.25, 0.3) is 10.0 Å². The average molecular weight is 349 g/mol. The minimum absolute atomic E-state index is 0.0562. The van der Waals surface area contributed by atoms with Gasteiger partial charge in [-0.3, -0.25) is 4.72 Å². The molecule has 0 saturated carbocycles. The van der Waals surface area contributed by atoms with Gasteiger partial charge in [0.1, 0.15) is 17.1 Å². The van der Waals surface area contributed by atoms with Gasteiger partial charge < -0.3 is 10.5 Å². The minimum atomic E-state index is -3.92. The number of ether oxygens (including phenoxy) is 1. The van der Waals surface area contributed by atoms with Gasteiger partial charge in [0.05, 0.1) is 17.7 Å². The molecule has 10 heteroatoms. The second-order valence-electron chi connectivity index (χ2n) is 3.84. The van der Waals surface area contributed by atoms with Gasteiger partial charge in [0, 0.05) is 6.07 Å². The smallest absolute Gasteiger partial charge is 0.263 e. The molecule has 0 fully saturated rings. The Morgan fingerprint density at radius 2 is 2.00 bits per heavy atom. The topological polar surface area (TPSA) is 107 Å². The van der Waals surface area contributed by atoms with E-state index in [-0.39, 0.29) is 26.6 Å². The number of anilines is 2. The van der Waals surface area contributed by atoms with E-state index in [1.165, 1.54) is 25.3 Å². The first-order valence-electron chi connectivity index (χ1n) is 5.47. The van der Waals surface area contributed by atoms with E-state index < -0.39 is 10.0 Å². The fraction of sp³-hybridized carbons (Fsp3) is 0.0909. The average Bonchev–Trinajstić information content (AvgIpc) is 2.44. The number of halogens is 2. The van der Waals surface area contributed by atoms with Crippen LogP contribution in [-0.4, -0.2) is 25.5 Å². The van der Waals surface area contributed by atoms with Crippen LogP contribution in [0.5, 0.6) is 5.75 Å². The monoisotopic (exact) mass is 348 g/mol. The molecule has 0 radical (unpaired) electrons. The number of nitrogen functional groups attached to an aromatic ring is 1. The number of nitrogens with two attached hydrogens (primary N) is 1. The highest BCUT2D eigenvalue weighted by Crippen LogP contribution is 2.29. The summed E-state index contributed by atoms with van der Waals surface area (Å²) in [5, 5.41) is -0.149. The molecular formula is C11H10Cl2N4O3S. The maximum atomic E-state index is 12.3. The summed E-state index contributed by atoms with van der Waals surface area (Å²) in [6.45, 7) is 0. The lowest BCUT2D eigenvalue weighted by Crippen LogP contribution is -2.15. The van der Waals surface area contributed by atoms with E-state index in [2.05, 4.69) is 14.7 Å². The van der Waals surface area contributed by atoms with Crippen molar-refractivity contribution in [2.45, 2.75) is 4.90 Å². The Morgan fingerprint density at radius 1 is 1.29 bits per heavy atom. The van der Waals surface area contributed by atoms with Gasteiger partial charge in [0.2, 0.25) is 0 Å². The summed E-state index contributed by atoms with van der Waals surface area (Å²) in [6, 6.07) is 4.03. The lowest BCUT2D eigenvalue weighted by Gasteiger charge is -2.11. The summed E-state index contributed by atoms with van der Waals surface area (Å²) < 4.78 is 31.8. The maximum absolute atomic E-state index is 12.3. The van der Waals surface area contributed by atoms with Crippen molar-refractivity contribution in [3.63, 3.8) is 0 Å². The Morgan fingerprint density at radius 3 is 2.67 bits per heavy atom. The number of nitrogens with zero attached hydrogens (tertiary/aromatic N) is 2. The molecular weight excluding hydrogens is 339 g/mol. The molecule has 0 atom stereocenters. The van der Waals surface area contributed by atoms with Crippen LogP contribution >= 0.6 is 23.2 Å². The molecule has 0 aliphatic rings. The Balaban J connectivity index is 2.41. The highest BCUT2D eigenvalue weighted by atomic mass is 35.5. The van der Waals surface area contributed by atoms with Crippen LogP contribution in [0.3, 0.4) is 0 Å². The van der Waals surface area contributed by atoms with Crippen LogP contribution in [0.2, 0.25) is 10.2 Å². The molecule has 3 N–H and O–H groups in total. The summed E-state index contributed by atoms with van der Waals surface area (Å²) in [5.74, 6) is 0.122. The number of rotatable bonds is 4. The Hall–Kier alpha value is -1.77. The van der Waals surface area contributed by atoms with E-state index in [0.717, 1.165) is 6.33 Å². The van der Waals surface area contributed by atoms with Crippen molar-refractivity contribution in [1.82, 2.24) is 9.97 Å². The lowest BCUT2D eigenvalue weighted by atomic mass is 10.3. The molecule has 0 spiro atoms. The van der Waals surface area contributed by atoms with Crippen molar-refractivity contribution < 1.29 is 13.2 Å². The Kier molecular flexibility index (Phi) is 4.40. The van der Waals surface area contributed by atoms with Gasteiger partial charge >= 0.3 is 0 Å². The second kappa shape index (κ2) is 5.92. The Bertz CT molecular complexity index is 783. The second-order valence-corrected chi connectivity index (χ2v) is 6.25. The van der Waals surface area contributed by atoms with Crippen molar-refractivity contribution in [2.75, 3.05) is 17.6 Å². The summed E-state index contributed by atoms with van der Waals surface area (Å²) in [5.41, 5.74) is 5.96. The third-order valence-electron chi connectivity index (χ3n) is 2.49. The van der Waals surface area contributed by atoms with Gasteiger partial charge in [-0.25, -0.2) is 18.4 Å². The number of hydrogen-bond acceptors (Lipinski definition) is 6. The van der Waals surface area contributed by atoms with Crippen LogP contribution < -0.4 is 15.2 Å². The Labute approximate surface area is 131 Å². The molecule has 0 amide bonds. The predicted molar refractivity (Wildman–Crippen MR) is 80.3 cm³/mol. The highest BCUT2D eigenvalue weighted by Gasteiger charge is 2.19. The summed E-state index contributed by atoms with van der Waals surface area (Å²) in [4.78, 5) is 7.31. The molecule has 0 bridgehead atoms. The molecule has 0 unspecified atom stereocenters. The van der Waals surface area contributed by atoms with E-state index in [0.29, 0.717) is 5.69 Å². The molecule has 7 nitrogen and oxygen atoms in total. The minimum Gasteiger partial charge on any atom is -0.495 e. The number of methoxy groups -OCH3 is 1. The zero-order valence-electron chi connectivity index (χ0n) is 10.7. The van der Waals surface area contributed by atoms with Crippen LogP contribution in [0, 0.1) is 0 Å². The molecule has 0 aliphatic carbocycles. The van der Waals surface area contributed by atoms with Crippen molar-refractivity contribution in [1.29, 1.82) is 0 Å². The predicted octanol–water partition coefficient (Wildman–Crippen LogP) is 2.17. The molecule has 0 aliphatic heterocycles. The molecule has 112 valence electrons. The number of nitrogens with one attached hydrogen (secondary N) is 1. The molecule has 1 aromatic carbocycles. The van der Waals surface area contributed by atoms with E-state index in [4.69, 9.17) is 33.7 Å². The standard InChI is InChI=1S/C11H10Cl2N4O3S/c1-20-8-4-6(2-3-7(8)14)21(18,19)17-11-9(12)10(13)15-5-16-11/h2-5H,14H2,1H3,(H,15,16,17). The zero-order valence-corrected chi connectivity index (χ0v) is 13.0. The van der Waals surface area contributed by atoms with Gasteiger partial charge in [-0.15, -0.1) is 0 Å². The normalized spacial score (nSPS) is 11.2. The van der Waals surface area contributed by atoms with Crippen LogP contribution in [-0.2, 0) is 10.0 Å².